The Hall–Kier alpha value is -3.10. The standard InChI is InChI=1S/C23H26N4O4/c1-23(2)12-14-10-17(18(11-19(14)31-23)27-6-8-30-9-7-27)25-22(29)15-4-3-5-16-21(15)26-20(13-28)24-16/h3-5,10-11,28H,6-9,12-13H2,1-2H3,(H,24,26)(H,25,29). The monoisotopic (exact) mass is 422 g/mol. The first kappa shape index (κ1) is 19.8. The quantitative estimate of drug-likeness (QED) is 0.598. The van der Waals surface area contributed by atoms with Crippen molar-refractivity contribution < 1.29 is 19.4 Å². The molecule has 1 fully saturated rings. The van der Waals surface area contributed by atoms with E-state index in [0.29, 0.717) is 35.6 Å². The van der Waals surface area contributed by atoms with Crippen molar-refractivity contribution in [3.8, 4) is 5.75 Å². The summed E-state index contributed by atoms with van der Waals surface area (Å²) in [6.07, 6.45) is 0.781. The van der Waals surface area contributed by atoms with Crippen LogP contribution in [0.25, 0.3) is 11.0 Å². The molecule has 0 spiro atoms. The van der Waals surface area contributed by atoms with Gasteiger partial charge < -0.3 is 29.8 Å². The lowest BCUT2D eigenvalue weighted by Crippen LogP contribution is -2.36. The highest BCUT2D eigenvalue weighted by Crippen LogP contribution is 2.42. The molecule has 2 aromatic carbocycles. The van der Waals surface area contributed by atoms with Gasteiger partial charge in [0.05, 0.1) is 35.7 Å². The number of hydrogen-bond donors (Lipinski definition) is 3. The topological polar surface area (TPSA) is 99.7 Å². The summed E-state index contributed by atoms with van der Waals surface area (Å²) in [6.45, 7) is 6.71. The van der Waals surface area contributed by atoms with Crippen LogP contribution in [-0.4, -0.2) is 52.9 Å². The zero-order chi connectivity index (χ0) is 21.6. The molecule has 0 radical (unpaired) electrons. The maximum Gasteiger partial charge on any atom is 0.257 e. The van der Waals surface area contributed by atoms with Crippen LogP contribution in [0, 0.1) is 0 Å². The van der Waals surface area contributed by atoms with E-state index in [4.69, 9.17) is 9.47 Å². The zero-order valence-electron chi connectivity index (χ0n) is 17.7. The fraction of sp³-hybridized carbons (Fsp3) is 0.391. The van der Waals surface area contributed by atoms with Crippen LogP contribution in [0.2, 0.25) is 0 Å². The number of amides is 1. The third kappa shape index (κ3) is 3.73. The lowest BCUT2D eigenvalue weighted by Gasteiger charge is -2.31. The van der Waals surface area contributed by atoms with E-state index in [-0.39, 0.29) is 18.1 Å². The van der Waals surface area contributed by atoms with Crippen LogP contribution in [-0.2, 0) is 17.8 Å². The predicted octanol–water partition coefficient (Wildman–Crippen LogP) is 2.86. The molecule has 0 bridgehead atoms. The number of aromatic nitrogens is 2. The van der Waals surface area contributed by atoms with Crippen molar-refractivity contribution in [2.75, 3.05) is 36.5 Å². The molecule has 0 saturated carbocycles. The Morgan fingerprint density at radius 2 is 2.10 bits per heavy atom. The minimum absolute atomic E-state index is 0.211. The predicted molar refractivity (Wildman–Crippen MR) is 118 cm³/mol. The van der Waals surface area contributed by atoms with Crippen molar-refractivity contribution in [3.05, 3.63) is 47.3 Å². The highest BCUT2D eigenvalue weighted by Gasteiger charge is 2.32. The Balaban J connectivity index is 1.52. The van der Waals surface area contributed by atoms with Crippen molar-refractivity contribution >= 4 is 28.3 Å². The largest absolute Gasteiger partial charge is 0.487 e. The number of benzene rings is 2. The molecule has 2 aliphatic heterocycles. The number of nitrogens with zero attached hydrogens (tertiary/aromatic N) is 2. The Morgan fingerprint density at radius 1 is 1.29 bits per heavy atom. The van der Waals surface area contributed by atoms with E-state index in [1.807, 2.05) is 18.2 Å². The number of aliphatic hydroxyl groups excluding tert-OH is 1. The summed E-state index contributed by atoms with van der Waals surface area (Å²) in [6, 6.07) is 9.44. The molecule has 8 nitrogen and oxygen atoms in total. The molecule has 2 aliphatic rings. The molecule has 1 amide bonds. The number of anilines is 2. The lowest BCUT2D eigenvalue weighted by atomic mass is 10.0. The number of carbonyl (C=O) groups is 1. The molecule has 5 rings (SSSR count). The third-order valence-electron chi connectivity index (χ3n) is 5.74. The van der Waals surface area contributed by atoms with Gasteiger partial charge in [-0.05, 0) is 32.0 Å². The molecular formula is C23H26N4O4. The van der Waals surface area contributed by atoms with Crippen molar-refractivity contribution in [1.82, 2.24) is 9.97 Å². The number of para-hydroxylation sites is 1. The van der Waals surface area contributed by atoms with Gasteiger partial charge in [0.2, 0.25) is 0 Å². The van der Waals surface area contributed by atoms with Gasteiger partial charge in [0.15, 0.2) is 0 Å². The number of aliphatic hydroxyl groups is 1. The van der Waals surface area contributed by atoms with E-state index < -0.39 is 0 Å². The summed E-state index contributed by atoms with van der Waals surface area (Å²) in [5.41, 5.74) is 4.21. The van der Waals surface area contributed by atoms with Crippen LogP contribution in [0.3, 0.4) is 0 Å². The number of aromatic amines is 1. The van der Waals surface area contributed by atoms with Crippen molar-refractivity contribution in [2.45, 2.75) is 32.5 Å². The van der Waals surface area contributed by atoms with Gasteiger partial charge in [0.25, 0.3) is 5.91 Å². The zero-order valence-corrected chi connectivity index (χ0v) is 17.7. The van der Waals surface area contributed by atoms with Gasteiger partial charge in [0, 0.05) is 31.1 Å². The summed E-state index contributed by atoms with van der Waals surface area (Å²) >= 11 is 0. The number of fused-ring (bicyclic) bond motifs is 2. The summed E-state index contributed by atoms with van der Waals surface area (Å²) in [5.74, 6) is 1.06. The van der Waals surface area contributed by atoms with Crippen LogP contribution in [0.15, 0.2) is 30.3 Å². The number of imidazole rings is 1. The van der Waals surface area contributed by atoms with Gasteiger partial charge in [-0.1, -0.05) is 6.07 Å². The first-order valence-corrected chi connectivity index (χ1v) is 10.5. The number of hydrogen-bond acceptors (Lipinski definition) is 6. The number of rotatable bonds is 4. The van der Waals surface area contributed by atoms with Gasteiger partial charge in [-0.25, -0.2) is 4.98 Å². The van der Waals surface area contributed by atoms with E-state index >= 15 is 0 Å². The Bertz CT molecular complexity index is 1150. The third-order valence-corrected chi connectivity index (χ3v) is 5.74. The number of carbonyl (C=O) groups excluding carboxylic acids is 1. The normalized spacial score (nSPS) is 17.5. The molecule has 0 atom stereocenters. The number of nitrogens with one attached hydrogen (secondary N) is 2. The fourth-order valence-electron chi connectivity index (χ4n) is 4.34. The minimum Gasteiger partial charge on any atom is -0.487 e. The van der Waals surface area contributed by atoms with Gasteiger partial charge in [-0.2, -0.15) is 0 Å². The first-order chi connectivity index (χ1) is 14.9. The molecule has 8 heteroatoms. The lowest BCUT2D eigenvalue weighted by molar-refractivity contribution is 0.102. The van der Waals surface area contributed by atoms with Crippen LogP contribution in [0.5, 0.6) is 5.75 Å². The molecule has 3 N–H and O–H groups in total. The number of ether oxygens (including phenoxy) is 2. The number of morpholine rings is 1. The fourth-order valence-corrected chi connectivity index (χ4v) is 4.34. The molecule has 31 heavy (non-hydrogen) atoms. The molecule has 0 unspecified atom stereocenters. The SMILES string of the molecule is CC1(C)Cc2cc(NC(=O)c3cccc4[nH]c(CO)nc34)c(N3CCOCC3)cc2O1. The molecule has 162 valence electrons. The van der Waals surface area contributed by atoms with Crippen LogP contribution >= 0.6 is 0 Å². The van der Waals surface area contributed by atoms with E-state index in [2.05, 4.69) is 34.0 Å². The highest BCUT2D eigenvalue weighted by molar-refractivity contribution is 6.12. The summed E-state index contributed by atoms with van der Waals surface area (Å²) < 4.78 is 11.6. The van der Waals surface area contributed by atoms with Crippen LogP contribution in [0.1, 0.15) is 35.6 Å². The molecule has 0 aliphatic carbocycles. The van der Waals surface area contributed by atoms with Gasteiger partial charge >= 0.3 is 0 Å². The summed E-state index contributed by atoms with van der Waals surface area (Å²) in [7, 11) is 0. The Kier molecular flexibility index (Phi) is 4.83. The molecule has 3 aromatic rings. The average molecular weight is 422 g/mol. The molecular weight excluding hydrogens is 396 g/mol. The maximum atomic E-state index is 13.3. The summed E-state index contributed by atoms with van der Waals surface area (Å²) in [5, 5.41) is 12.5. The van der Waals surface area contributed by atoms with Gasteiger partial charge in [-0.3, -0.25) is 4.79 Å². The maximum absolute atomic E-state index is 13.3. The van der Waals surface area contributed by atoms with E-state index in [1.165, 1.54) is 0 Å². The first-order valence-electron chi connectivity index (χ1n) is 10.5. The second-order valence-electron chi connectivity index (χ2n) is 8.61. The van der Waals surface area contributed by atoms with E-state index in [0.717, 1.165) is 42.2 Å². The Morgan fingerprint density at radius 3 is 2.87 bits per heavy atom. The Labute approximate surface area is 180 Å². The van der Waals surface area contributed by atoms with Crippen LogP contribution in [0.4, 0.5) is 11.4 Å². The minimum atomic E-state index is -0.269. The highest BCUT2D eigenvalue weighted by atomic mass is 16.5. The molecule has 1 saturated heterocycles. The van der Waals surface area contributed by atoms with Crippen molar-refractivity contribution in [1.29, 1.82) is 0 Å². The van der Waals surface area contributed by atoms with Crippen molar-refractivity contribution in [2.24, 2.45) is 0 Å². The second kappa shape index (κ2) is 7.55. The molecule has 1 aromatic heterocycles. The average Bonchev–Trinajstić information content (AvgIpc) is 3.32. The molecule has 3 heterocycles. The van der Waals surface area contributed by atoms with Crippen LogP contribution < -0.4 is 15.0 Å². The van der Waals surface area contributed by atoms with Gasteiger partial charge in [0.1, 0.15) is 29.3 Å². The van der Waals surface area contributed by atoms with E-state index in [9.17, 15) is 9.90 Å². The summed E-state index contributed by atoms with van der Waals surface area (Å²) in [4.78, 5) is 22.9. The smallest absolute Gasteiger partial charge is 0.257 e. The van der Waals surface area contributed by atoms with Gasteiger partial charge in [-0.15, -0.1) is 0 Å². The van der Waals surface area contributed by atoms with E-state index in [1.54, 1.807) is 12.1 Å². The van der Waals surface area contributed by atoms with Crippen molar-refractivity contribution in [3.63, 3.8) is 0 Å². The second-order valence-corrected chi connectivity index (χ2v) is 8.61. The number of H-pyrrole nitrogens is 1.